The van der Waals surface area contributed by atoms with E-state index < -0.39 is 6.03 Å². The number of benzene rings is 2. The third kappa shape index (κ3) is 5.48. The van der Waals surface area contributed by atoms with Gasteiger partial charge >= 0.3 is 6.03 Å². The number of pyridine rings is 1. The minimum Gasteiger partial charge on any atom is -0.494 e. The van der Waals surface area contributed by atoms with E-state index in [1.165, 1.54) is 10.5 Å². The minimum atomic E-state index is -0.409. The molecule has 0 radical (unpaired) electrons. The second-order valence-corrected chi connectivity index (χ2v) is 7.34. The largest absolute Gasteiger partial charge is 0.494 e. The molecular weight excluding hydrogens is 420 g/mol. The number of para-hydroxylation sites is 2. The zero-order chi connectivity index (χ0) is 23.2. The van der Waals surface area contributed by atoms with Gasteiger partial charge in [0.2, 0.25) is 0 Å². The van der Waals surface area contributed by atoms with Gasteiger partial charge in [0, 0.05) is 18.0 Å². The van der Waals surface area contributed by atoms with Crippen molar-refractivity contribution in [1.82, 2.24) is 9.38 Å². The summed E-state index contributed by atoms with van der Waals surface area (Å²) in [6.07, 6.45) is 1.70. The van der Waals surface area contributed by atoms with E-state index in [1.807, 2.05) is 26.0 Å². The molecule has 0 fully saturated rings. The van der Waals surface area contributed by atoms with Crippen LogP contribution in [0.1, 0.15) is 18.2 Å². The monoisotopic (exact) mass is 444 g/mol. The second-order valence-electron chi connectivity index (χ2n) is 7.34. The molecule has 0 saturated heterocycles. The van der Waals surface area contributed by atoms with Crippen molar-refractivity contribution in [2.24, 2.45) is 0 Å². The number of ether oxygens (including phenoxy) is 2. The second kappa shape index (κ2) is 9.86. The Morgan fingerprint density at radius 1 is 1.00 bits per heavy atom. The molecule has 2 heterocycles. The number of carbonyl (C=O) groups excluding carboxylic acids is 1. The Morgan fingerprint density at radius 2 is 1.79 bits per heavy atom. The average molecular weight is 444 g/mol. The normalized spacial score (nSPS) is 10.6. The van der Waals surface area contributed by atoms with E-state index in [0.29, 0.717) is 35.1 Å². The van der Waals surface area contributed by atoms with E-state index in [-0.39, 0.29) is 12.2 Å². The van der Waals surface area contributed by atoms with Crippen molar-refractivity contribution >= 4 is 23.1 Å². The summed E-state index contributed by atoms with van der Waals surface area (Å²) in [5.41, 5.74) is 3.01. The van der Waals surface area contributed by atoms with Gasteiger partial charge in [-0.2, -0.15) is 0 Å². The topological polar surface area (TPSA) is 94.0 Å². The number of aromatic nitrogens is 2. The summed E-state index contributed by atoms with van der Waals surface area (Å²) in [5, 5.41) is 5.57. The number of fused-ring (bicyclic) bond motifs is 1. The molecule has 4 aromatic rings. The van der Waals surface area contributed by atoms with Gasteiger partial charge in [0.15, 0.2) is 0 Å². The Labute approximate surface area is 190 Å². The average Bonchev–Trinajstić information content (AvgIpc) is 2.79. The Kier molecular flexibility index (Phi) is 6.54. The molecule has 0 aliphatic heterocycles. The molecule has 0 saturated carbocycles. The first kappa shape index (κ1) is 21.9. The number of carbonyl (C=O) groups is 1. The first-order valence-electron chi connectivity index (χ1n) is 10.5. The van der Waals surface area contributed by atoms with Crippen LogP contribution in [0.3, 0.4) is 0 Å². The maximum Gasteiger partial charge on any atom is 0.323 e. The number of nitrogens with zero attached hydrogens (tertiary/aromatic N) is 2. The van der Waals surface area contributed by atoms with Gasteiger partial charge in [-0.1, -0.05) is 12.1 Å². The molecule has 0 aliphatic rings. The van der Waals surface area contributed by atoms with Crippen molar-refractivity contribution in [1.29, 1.82) is 0 Å². The summed E-state index contributed by atoms with van der Waals surface area (Å²) < 4.78 is 12.8. The smallest absolute Gasteiger partial charge is 0.323 e. The van der Waals surface area contributed by atoms with Gasteiger partial charge in [0.25, 0.3) is 5.56 Å². The van der Waals surface area contributed by atoms with Crippen LogP contribution in [0.5, 0.6) is 11.5 Å². The van der Waals surface area contributed by atoms with Gasteiger partial charge in [0.05, 0.1) is 18.0 Å². The molecule has 0 spiro atoms. The van der Waals surface area contributed by atoms with Gasteiger partial charge in [-0.25, -0.2) is 9.78 Å². The Balaban J connectivity index is 1.44. The van der Waals surface area contributed by atoms with Crippen molar-refractivity contribution in [3.8, 4) is 11.5 Å². The molecule has 0 aliphatic carbocycles. The van der Waals surface area contributed by atoms with E-state index in [1.54, 1.807) is 54.7 Å². The lowest BCUT2D eigenvalue weighted by atomic mass is 10.3. The summed E-state index contributed by atoms with van der Waals surface area (Å²) in [6, 6.07) is 18.9. The van der Waals surface area contributed by atoms with E-state index in [0.717, 1.165) is 11.3 Å². The highest BCUT2D eigenvalue weighted by atomic mass is 16.5. The summed E-state index contributed by atoms with van der Waals surface area (Å²) in [6.45, 7) is 4.51. The predicted octanol–water partition coefficient (Wildman–Crippen LogP) is 4.62. The summed E-state index contributed by atoms with van der Waals surface area (Å²) in [5.74, 6) is 1.20. The fraction of sp³-hybridized carbons (Fsp3) is 0.160. The van der Waals surface area contributed by atoms with Crippen molar-refractivity contribution in [3.63, 3.8) is 0 Å². The lowest BCUT2D eigenvalue weighted by Gasteiger charge is -2.13. The van der Waals surface area contributed by atoms with Crippen molar-refractivity contribution < 1.29 is 14.3 Å². The van der Waals surface area contributed by atoms with Crippen LogP contribution in [-0.4, -0.2) is 22.0 Å². The van der Waals surface area contributed by atoms with Crippen LogP contribution in [0.25, 0.3) is 5.65 Å². The molecule has 0 unspecified atom stereocenters. The number of hydrogen-bond donors (Lipinski definition) is 2. The zero-order valence-corrected chi connectivity index (χ0v) is 18.4. The first-order valence-corrected chi connectivity index (χ1v) is 10.5. The highest BCUT2D eigenvalue weighted by Crippen LogP contribution is 2.25. The molecule has 8 nitrogen and oxygen atoms in total. The molecule has 2 N–H and O–H groups in total. The number of rotatable bonds is 7. The fourth-order valence-electron chi connectivity index (χ4n) is 3.26. The van der Waals surface area contributed by atoms with Gasteiger partial charge in [0.1, 0.15) is 23.8 Å². The van der Waals surface area contributed by atoms with Crippen LogP contribution in [-0.2, 0) is 6.61 Å². The highest BCUT2D eigenvalue weighted by molar-refractivity contribution is 6.00. The molecule has 168 valence electrons. The maximum atomic E-state index is 12.5. The van der Waals surface area contributed by atoms with Crippen molar-refractivity contribution in [2.75, 3.05) is 17.2 Å². The third-order valence-corrected chi connectivity index (χ3v) is 4.81. The van der Waals surface area contributed by atoms with Gasteiger partial charge < -0.3 is 20.1 Å². The molecule has 33 heavy (non-hydrogen) atoms. The Bertz CT molecular complexity index is 1330. The Hall–Kier alpha value is -4.33. The van der Waals surface area contributed by atoms with Gasteiger partial charge in [-0.3, -0.25) is 9.20 Å². The zero-order valence-electron chi connectivity index (χ0n) is 18.4. The SMILES string of the molecule is CCOc1ccc(NC(=O)Nc2ccccc2OCc2cc(=O)n3ccc(C)cc3n2)cc1. The lowest BCUT2D eigenvalue weighted by molar-refractivity contribution is 0.261. The molecule has 2 aromatic heterocycles. The Morgan fingerprint density at radius 3 is 2.58 bits per heavy atom. The molecule has 4 rings (SSSR count). The molecule has 2 aromatic carbocycles. The van der Waals surface area contributed by atoms with Crippen molar-refractivity contribution in [3.05, 3.63) is 94.5 Å². The van der Waals surface area contributed by atoms with E-state index in [4.69, 9.17) is 9.47 Å². The van der Waals surface area contributed by atoms with Crippen molar-refractivity contribution in [2.45, 2.75) is 20.5 Å². The number of nitrogens with one attached hydrogen (secondary N) is 2. The molecule has 2 amide bonds. The van der Waals surface area contributed by atoms with Crippen LogP contribution in [0, 0.1) is 6.92 Å². The third-order valence-electron chi connectivity index (χ3n) is 4.81. The van der Waals surface area contributed by atoms with E-state index in [2.05, 4.69) is 15.6 Å². The maximum absolute atomic E-state index is 12.5. The molecule has 8 heteroatoms. The molecular formula is C25H24N4O4. The minimum absolute atomic E-state index is 0.0822. The fourth-order valence-corrected chi connectivity index (χ4v) is 3.26. The number of anilines is 2. The quantitative estimate of drug-likeness (QED) is 0.434. The number of hydrogen-bond acceptors (Lipinski definition) is 5. The molecule has 0 bridgehead atoms. The number of amides is 2. The number of aryl methyl sites for hydroxylation is 1. The molecule has 0 atom stereocenters. The summed E-state index contributed by atoms with van der Waals surface area (Å²) in [4.78, 5) is 29.3. The van der Waals surface area contributed by atoms with E-state index in [9.17, 15) is 9.59 Å². The summed E-state index contributed by atoms with van der Waals surface area (Å²) >= 11 is 0. The predicted molar refractivity (Wildman–Crippen MR) is 127 cm³/mol. The van der Waals surface area contributed by atoms with Crippen LogP contribution in [0.4, 0.5) is 16.2 Å². The van der Waals surface area contributed by atoms with Crippen LogP contribution < -0.4 is 25.7 Å². The van der Waals surface area contributed by atoms with E-state index >= 15 is 0 Å². The summed E-state index contributed by atoms with van der Waals surface area (Å²) in [7, 11) is 0. The van der Waals surface area contributed by atoms with Crippen LogP contribution in [0.2, 0.25) is 0 Å². The van der Waals surface area contributed by atoms with Crippen LogP contribution >= 0.6 is 0 Å². The van der Waals surface area contributed by atoms with Gasteiger partial charge in [-0.05, 0) is 67.9 Å². The highest BCUT2D eigenvalue weighted by Gasteiger charge is 2.10. The standard InChI is InChI=1S/C25H24N4O4/c1-3-32-20-10-8-18(9-11-20)27-25(31)28-21-6-4-5-7-22(21)33-16-19-15-24(30)29-13-12-17(2)14-23(29)26-19/h4-15H,3,16H2,1-2H3,(H2,27,28,31). The van der Waals surface area contributed by atoms with Gasteiger partial charge in [-0.15, -0.1) is 0 Å². The number of urea groups is 1. The first-order chi connectivity index (χ1) is 16.0. The van der Waals surface area contributed by atoms with Crippen LogP contribution in [0.15, 0.2) is 77.7 Å². The lowest BCUT2D eigenvalue weighted by Crippen LogP contribution is -2.20.